The van der Waals surface area contributed by atoms with E-state index in [1.54, 1.807) is 0 Å². The van der Waals surface area contributed by atoms with Crippen molar-refractivity contribution in [2.24, 2.45) is 0 Å². The van der Waals surface area contributed by atoms with E-state index in [-0.39, 0.29) is 41.3 Å². The molecule has 0 bridgehead atoms. The maximum absolute atomic E-state index is 8.68. The van der Waals surface area contributed by atoms with E-state index < -0.39 is 21.1 Å². The van der Waals surface area contributed by atoms with E-state index in [0.717, 1.165) is 0 Å². The second-order valence-corrected chi connectivity index (χ2v) is 1.35. The van der Waals surface area contributed by atoms with Crippen molar-refractivity contribution in [2.75, 3.05) is 0 Å². The third-order valence-electron chi connectivity index (χ3n) is 0. The minimum atomic E-state index is -3.76. The smallest absolute Gasteiger partial charge is 0.396 e. The van der Waals surface area contributed by atoms with Gasteiger partial charge in [-0.3, -0.25) is 0 Å². The topological polar surface area (TPSA) is 66.3 Å². The van der Waals surface area contributed by atoms with Crippen molar-refractivity contribution in [3.05, 3.63) is 0 Å². The molecule has 1 radical (unpaired) electrons. The molecule has 0 aliphatic heterocycles. The van der Waals surface area contributed by atoms with E-state index >= 15 is 0 Å². The van der Waals surface area contributed by atoms with Gasteiger partial charge in [-0.15, -0.1) is 0 Å². The predicted octanol–water partition coefficient (Wildman–Crippen LogP) is -5.93. The van der Waals surface area contributed by atoms with Gasteiger partial charge >= 0.3 is 21.1 Å². The molecule has 0 aromatic carbocycles. The Hall–Kier alpha value is 1.97. The Balaban J connectivity index is 0. The van der Waals surface area contributed by atoms with Gasteiger partial charge in [-0.1, -0.05) is 0 Å². The van der Waals surface area contributed by atoms with Crippen LogP contribution in [0.1, 0.15) is 0 Å². The van der Waals surface area contributed by atoms with Gasteiger partial charge < -0.3 is 6.87 Å². The summed E-state index contributed by atoms with van der Waals surface area (Å²) in [6.07, 6.45) is 0. The summed E-state index contributed by atoms with van der Waals surface area (Å²) in [6.45, 7) is 0. The van der Waals surface area contributed by atoms with Gasteiger partial charge in [0.1, 0.15) is 0 Å². The van der Waals surface area contributed by atoms with Gasteiger partial charge in [-0.05, 0) is 3.44 Å². The molecule has 0 fully saturated rings. The zero-order valence-corrected chi connectivity index (χ0v) is 8.08. The quantitative estimate of drug-likeness (QED) is 0.453. The van der Waals surface area contributed by atoms with Crippen LogP contribution in [0.3, 0.4) is 0 Å². The van der Waals surface area contributed by atoms with E-state index in [2.05, 4.69) is 0 Å². The Morgan fingerprint density at radius 2 is 1.40 bits per heavy atom. The maximum atomic E-state index is 8.68. The minimum Gasteiger partial charge on any atom is -0.396 e. The molecule has 0 aromatic rings. The van der Waals surface area contributed by atoms with Crippen molar-refractivity contribution in [1.82, 2.24) is 0 Å². The molecule has 3 nitrogen and oxygen atoms in total. The van der Waals surface area contributed by atoms with E-state index in [1.807, 2.05) is 0 Å². The average molecular weight is 317 g/mol. The Labute approximate surface area is 71.4 Å². The van der Waals surface area contributed by atoms with Gasteiger partial charge in [0.05, 0.1) is 0 Å². The second-order valence-electron chi connectivity index (χ2n) is 0.201. The molecule has 1 N–H and O–H groups in total. The van der Waals surface area contributed by atoms with Crippen molar-refractivity contribution >= 4 is 0 Å². The molecule has 0 aliphatic rings. The summed E-state index contributed by atoms with van der Waals surface area (Å²) in [5.74, 6) is 0. The fourth-order valence-electron chi connectivity index (χ4n) is 0. The summed E-state index contributed by atoms with van der Waals surface area (Å²) in [5, 5.41) is 0. The van der Waals surface area contributed by atoms with Crippen LogP contribution in [0.25, 0.3) is 0 Å². The molecule has 0 saturated carbocycles. The first-order valence-electron chi connectivity index (χ1n) is 0.478. The van der Waals surface area contributed by atoms with Crippen molar-refractivity contribution in [1.29, 1.82) is 0 Å². The number of hydrogen-bond donors (Lipinski definition) is 1. The maximum Gasteiger partial charge on any atom is 0.503 e. The molecule has 0 spiro atoms. The summed E-state index contributed by atoms with van der Waals surface area (Å²) >= 11 is -3.76. The first-order chi connectivity index (χ1) is 1.73. The van der Waals surface area contributed by atoms with Crippen LogP contribution in [0.4, 0.5) is 0 Å². The van der Waals surface area contributed by atoms with Crippen LogP contribution in [0.15, 0.2) is 0 Å². The Morgan fingerprint density at radius 1 is 1.40 bits per heavy atom. The third kappa shape index (κ3) is 24.2. The van der Waals surface area contributed by atoms with E-state index in [9.17, 15) is 0 Å². The van der Waals surface area contributed by atoms with E-state index in [0.29, 0.717) is 0 Å². The summed E-state index contributed by atoms with van der Waals surface area (Å²) in [4.78, 5) is 0. The van der Waals surface area contributed by atoms with Crippen LogP contribution in [0.2, 0.25) is 0 Å². The third-order valence-corrected chi connectivity index (χ3v) is 0. The van der Waals surface area contributed by atoms with Gasteiger partial charge in [0.25, 0.3) is 0 Å². The van der Waals surface area contributed by atoms with Crippen molar-refractivity contribution in [2.45, 2.75) is 0 Å². The van der Waals surface area contributed by atoms with Crippen LogP contribution in [0, 0.1) is 41.3 Å². The van der Waals surface area contributed by atoms with Crippen LogP contribution in [-0.2, 0) is 0 Å². The summed E-state index contributed by atoms with van der Waals surface area (Å²) in [5.41, 5.74) is 0. The Morgan fingerprint density at radius 3 is 1.40 bits per heavy atom. The zero-order chi connectivity index (χ0) is 3.58. The van der Waals surface area contributed by atoms with Crippen molar-refractivity contribution in [3.8, 4) is 0 Å². The molecule has 0 aromatic heterocycles. The van der Waals surface area contributed by atoms with Crippen molar-refractivity contribution in [3.63, 3.8) is 0 Å². The molecule has 0 aliphatic carbocycles. The average Bonchev–Trinajstić information content (AvgIpc) is 0.811. The normalized spacial score (nSPS) is 7.20. The monoisotopic (exact) mass is 317 g/mol. The van der Waals surface area contributed by atoms with Crippen LogP contribution in [0.5, 0.6) is 0 Å². The molecule has 0 atom stereocenters. The van der Waals surface area contributed by atoms with Crippen molar-refractivity contribution < 1.29 is 72.7 Å². The molecule has 0 unspecified atom stereocenters. The summed E-state index contributed by atoms with van der Waals surface area (Å²) < 4.78 is 24.5. The molecule has 0 rings (SSSR count). The molecule has 5 heavy (non-hydrogen) atoms. The van der Waals surface area contributed by atoms with Gasteiger partial charge in [0.15, 0.2) is 0 Å². The van der Waals surface area contributed by atoms with Gasteiger partial charge in [0.2, 0.25) is 0 Å². The summed E-state index contributed by atoms with van der Waals surface area (Å²) in [6, 6.07) is 0. The van der Waals surface area contributed by atoms with Gasteiger partial charge in [-0.2, -0.15) is 0 Å². The molecule has 29 valence electrons. The van der Waals surface area contributed by atoms with E-state index in [4.69, 9.17) is 10.3 Å². The standard InChI is InChI=1S/HIO3.Pr/c2-1(3)4;/h2H;. The molecule has 0 amide bonds. The van der Waals surface area contributed by atoms with Crippen LogP contribution in [-0.4, -0.2) is 3.44 Å². The molecular weight excluding hydrogens is 316 g/mol. The second kappa shape index (κ2) is 5.97. The van der Waals surface area contributed by atoms with Gasteiger partial charge in [0, 0.05) is 41.3 Å². The van der Waals surface area contributed by atoms with Crippen LogP contribution < -0.4 is 27.9 Å². The molecule has 0 saturated heterocycles. The fraction of sp³-hybridized carbons (Fsp3) is 0. The minimum absolute atomic E-state index is 0. The number of halogens is 1. The Bertz CT molecular complexity index is 11.6. The molecule has 0 heterocycles. The first kappa shape index (κ1) is 10.1. The van der Waals surface area contributed by atoms with E-state index in [1.165, 1.54) is 0 Å². The molecular formula is HIO3Pr. The number of rotatable bonds is 0. The molecule has 5 heteroatoms. The SMILES string of the molecule is [O-][I+2]([O-])O.[Pr]. The van der Waals surface area contributed by atoms with Crippen LogP contribution >= 0.6 is 0 Å². The fourth-order valence-corrected chi connectivity index (χ4v) is 0. The predicted molar refractivity (Wildman–Crippen MR) is 2.22 cm³/mol. The zero-order valence-electron chi connectivity index (χ0n) is 2.22. The van der Waals surface area contributed by atoms with Gasteiger partial charge in [-0.25, -0.2) is 0 Å². The first-order valence-corrected chi connectivity index (χ1v) is 3.20. The summed E-state index contributed by atoms with van der Waals surface area (Å²) in [7, 11) is 0. The number of hydrogen-bond acceptors (Lipinski definition) is 3. The Kier molecular flexibility index (Phi) is 12.0. The largest absolute Gasteiger partial charge is 0.503 e.